The number of hydrogen-bond donors (Lipinski definition) is 0. The number of methoxy groups -OCH3 is 1. The van der Waals surface area contributed by atoms with Gasteiger partial charge in [0, 0.05) is 5.56 Å². The van der Waals surface area contributed by atoms with Crippen molar-refractivity contribution in [3.63, 3.8) is 0 Å². The molecule has 194 valence electrons. The summed E-state index contributed by atoms with van der Waals surface area (Å²) in [4.78, 5) is 32.7. The van der Waals surface area contributed by atoms with E-state index in [0.717, 1.165) is 32.7 Å². The molecule has 1 aliphatic heterocycles. The number of carbonyl (C=O) groups is 1. The lowest BCUT2D eigenvalue weighted by molar-refractivity contribution is -0.139. The molecule has 7 heteroatoms. The molecular formula is C32H26N2O4S. The monoisotopic (exact) mass is 534 g/mol. The number of benzene rings is 4. The molecule has 0 bridgehead atoms. The van der Waals surface area contributed by atoms with Crippen LogP contribution >= 0.6 is 11.3 Å². The lowest BCUT2D eigenvalue weighted by atomic mass is 9.91. The largest absolute Gasteiger partial charge is 0.496 e. The van der Waals surface area contributed by atoms with Gasteiger partial charge in [-0.15, -0.1) is 0 Å². The molecule has 0 N–H and O–H groups in total. The van der Waals surface area contributed by atoms with Gasteiger partial charge in [0.05, 0.1) is 35.6 Å². The van der Waals surface area contributed by atoms with Gasteiger partial charge in [0.25, 0.3) is 5.56 Å². The highest BCUT2D eigenvalue weighted by atomic mass is 32.1. The van der Waals surface area contributed by atoms with Crippen molar-refractivity contribution in [2.75, 3.05) is 13.7 Å². The Morgan fingerprint density at radius 1 is 0.974 bits per heavy atom. The molecule has 4 aromatic carbocycles. The standard InChI is InChI=1S/C32H26N2O4S/c1-4-38-31(36)28-19(2)33-32-34(29(28)24-15-9-12-20-10-5-7-13-22(20)24)30(35)27(39-32)18-25-23-14-8-6-11-21(23)16-17-26(25)37-3/h5-18,29H,4H2,1-3H3/t29-/m0/s1. The maximum absolute atomic E-state index is 14.2. The summed E-state index contributed by atoms with van der Waals surface area (Å²) in [6.45, 7) is 3.80. The number of allylic oxidation sites excluding steroid dienone is 1. The number of rotatable bonds is 5. The quantitative estimate of drug-likeness (QED) is 0.294. The minimum Gasteiger partial charge on any atom is -0.496 e. The fourth-order valence-corrected chi connectivity index (χ4v) is 6.34. The van der Waals surface area contributed by atoms with Crippen molar-refractivity contribution in [1.29, 1.82) is 0 Å². The molecule has 0 unspecified atom stereocenters. The molecule has 0 radical (unpaired) electrons. The van der Waals surface area contributed by atoms with Crippen LogP contribution < -0.4 is 19.6 Å². The first-order valence-electron chi connectivity index (χ1n) is 12.7. The van der Waals surface area contributed by atoms with E-state index in [9.17, 15) is 9.59 Å². The SMILES string of the molecule is CCOC(=O)C1=C(C)N=c2sc(=Cc3c(OC)ccc4ccccc34)c(=O)n2[C@H]1c1cccc2ccccc12. The van der Waals surface area contributed by atoms with E-state index in [-0.39, 0.29) is 12.2 Å². The van der Waals surface area contributed by atoms with Gasteiger partial charge >= 0.3 is 5.97 Å². The molecule has 1 atom stereocenters. The van der Waals surface area contributed by atoms with Gasteiger partial charge in [0.15, 0.2) is 4.80 Å². The zero-order valence-corrected chi connectivity index (χ0v) is 22.6. The summed E-state index contributed by atoms with van der Waals surface area (Å²) in [5.41, 5.74) is 2.36. The maximum atomic E-state index is 14.2. The Morgan fingerprint density at radius 3 is 2.41 bits per heavy atom. The number of ether oxygens (including phenoxy) is 2. The van der Waals surface area contributed by atoms with Crippen LogP contribution in [0.1, 0.15) is 31.0 Å². The molecule has 1 aliphatic rings. The van der Waals surface area contributed by atoms with E-state index in [4.69, 9.17) is 14.5 Å². The number of carbonyl (C=O) groups excluding carboxylic acids is 1. The highest BCUT2D eigenvalue weighted by molar-refractivity contribution is 7.07. The van der Waals surface area contributed by atoms with Gasteiger partial charge in [0.1, 0.15) is 5.75 Å². The number of aromatic nitrogens is 1. The highest BCUT2D eigenvalue weighted by Crippen LogP contribution is 2.35. The first-order valence-corrected chi connectivity index (χ1v) is 13.6. The average molecular weight is 535 g/mol. The van der Waals surface area contributed by atoms with E-state index in [1.165, 1.54) is 11.3 Å². The van der Waals surface area contributed by atoms with Crippen molar-refractivity contribution < 1.29 is 14.3 Å². The van der Waals surface area contributed by atoms with Crippen molar-refractivity contribution >= 4 is 44.9 Å². The minimum atomic E-state index is -0.678. The Hall–Kier alpha value is -4.49. The third-order valence-corrected chi connectivity index (χ3v) is 8.04. The van der Waals surface area contributed by atoms with Gasteiger partial charge in [-0.2, -0.15) is 0 Å². The molecule has 0 spiro atoms. The first kappa shape index (κ1) is 24.8. The van der Waals surface area contributed by atoms with Gasteiger partial charge in [-0.25, -0.2) is 9.79 Å². The van der Waals surface area contributed by atoms with Crippen LogP contribution in [0.15, 0.2) is 99.9 Å². The molecule has 0 aliphatic carbocycles. The van der Waals surface area contributed by atoms with Crippen LogP contribution in [-0.4, -0.2) is 24.3 Å². The van der Waals surface area contributed by atoms with Gasteiger partial charge < -0.3 is 9.47 Å². The second kappa shape index (κ2) is 10.0. The van der Waals surface area contributed by atoms with Crippen LogP contribution in [0.2, 0.25) is 0 Å². The van der Waals surface area contributed by atoms with Gasteiger partial charge in [-0.05, 0) is 53.1 Å². The third-order valence-electron chi connectivity index (χ3n) is 7.06. The fraction of sp³-hybridized carbons (Fsp3) is 0.156. The minimum absolute atomic E-state index is 0.221. The molecule has 0 amide bonds. The summed E-state index contributed by atoms with van der Waals surface area (Å²) in [5.74, 6) is 0.204. The molecule has 6 nitrogen and oxygen atoms in total. The van der Waals surface area contributed by atoms with Crippen LogP contribution in [0.5, 0.6) is 5.75 Å². The van der Waals surface area contributed by atoms with Crippen LogP contribution in [0.3, 0.4) is 0 Å². The average Bonchev–Trinajstić information content (AvgIpc) is 3.26. The van der Waals surface area contributed by atoms with Crippen LogP contribution in [0.4, 0.5) is 0 Å². The summed E-state index contributed by atoms with van der Waals surface area (Å²) < 4.78 is 13.3. The summed E-state index contributed by atoms with van der Waals surface area (Å²) in [5, 5.41) is 4.02. The molecule has 0 saturated carbocycles. The Bertz CT molecular complexity index is 1980. The summed E-state index contributed by atoms with van der Waals surface area (Å²) in [7, 11) is 1.62. The van der Waals surface area contributed by atoms with E-state index >= 15 is 0 Å². The third kappa shape index (κ3) is 4.15. The number of fused-ring (bicyclic) bond motifs is 3. The Morgan fingerprint density at radius 2 is 1.67 bits per heavy atom. The molecule has 0 saturated heterocycles. The number of esters is 1. The zero-order valence-electron chi connectivity index (χ0n) is 21.8. The van der Waals surface area contributed by atoms with Crippen molar-refractivity contribution in [2.45, 2.75) is 19.9 Å². The topological polar surface area (TPSA) is 69.9 Å². The van der Waals surface area contributed by atoms with Gasteiger partial charge in [0.2, 0.25) is 0 Å². The van der Waals surface area contributed by atoms with Crippen molar-refractivity contribution in [2.24, 2.45) is 4.99 Å². The van der Waals surface area contributed by atoms with Crippen molar-refractivity contribution in [1.82, 2.24) is 4.57 Å². The summed E-state index contributed by atoms with van der Waals surface area (Å²) >= 11 is 1.31. The van der Waals surface area contributed by atoms with Gasteiger partial charge in [-0.1, -0.05) is 84.1 Å². The number of nitrogens with zero attached hydrogens (tertiary/aromatic N) is 2. The van der Waals surface area contributed by atoms with E-state index in [2.05, 4.69) is 0 Å². The molecule has 6 rings (SSSR count). The van der Waals surface area contributed by atoms with Gasteiger partial charge in [-0.3, -0.25) is 9.36 Å². The molecule has 39 heavy (non-hydrogen) atoms. The molecule has 1 aromatic heterocycles. The Labute approximate surface area is 228 Å². The second-order valence-electron chi connectivity index (χ2n) is 9.27. The summed E-state index contributed by atoms with van der Waals surface area (Å²) in [6, 6.07) is 25.1. The lowest BCUT2D eigenvalue weighted by Crippen LogP contribution is -2.40. The Kier molecular flexibility index (Phi) is 6.37. The van der Waals surface area contributed by atoms with Crippen LogP contribution in [0, 0.1) is 0 Å². The smallest absolute Gasteiger partial charge is 0.338 e. The van der Waals surface area contributed by atoms with Crippen molar-refractivity contribution in [3.8, 4) is 5.75 Å². The molecular weight excluding hydrogens is 508 g/mol. The second-order valence-corrected chi connectivity index (χ2v) is 10.3. The molecule has 2 heterocycles. The summed E-state index contributed by atoms with van der Waals surface area (Å²) in [6.07, 6.45) is 1.87. The van der Waals surface area contributed by atoms with E-state index in [0.29, 0.717) is 26.4 Å². The predicted molar refractivity (Wildman–Crippen MR) is 155 cm³/mol. The normalized spacial score (nSPS) is 15.4. The van der Waals surface area contributed by atoms with E-state index < -0.39 is 12.0 Å². The van der Waals surface area contributed by atoms with Crippen LogP contribution in [-0.2, 0) is 9.53 Å². The molecule has 0 fully saturated rings. The maximum Gasteiger partial charge on any atom is 0.338 e. The van der Waals surface area contributed by atoms with Crippen LogP contribution in [0.25, 0.3) is 27.6 Å². The zero-order chi connectivity index (χ0) is 27.1. The first-order chi connectivity index (χ1) is 19.0. The van der Waals surface area contributed by atoms with Crippen molar-refractivity contribution in [3.05, 3.63) is 121 Å². The number of hydrogen-bond acceptors (Lipinski definition) is 6. The highest BCUT2D eigenvalue weighted by Gasteiger charge is 2.34. The van der Waals surface area contributed by atoms with E-state index in [1.807, 2.05) is 84.9 Å². The fourth-order valence-electron chi connectivity index (χ4n) is 5.31. The lowest BCUT2D eigenvalue weighted by Gasteiger charge is -2.25. The predicted octanol–water partition coefficient (Wildman–Crippen LogP) is 5.11. The Balaban J connectivity index is 1.66. The molecule has 5 aromatic rings. The van der Waals surface area contributed by atoms with E-state index in [1.54, 1.807) is 25.5 Å². The number of thiazole rings is 1.